The maximum atomic E-state index is 12.8. The van der Waals surface area contributed by atoms with Crippen LogP contribution in [0.1, 0.15) is 5.56 Å². The molecule has 0 N–H and O–H groups in total. The van der Waals surface area contributed by atoms with Gasteiger partial charge in [-0.25, -0.2) is 8.42 Å². The molecule has 0 unspecified atom stereocenters. The van der Waals surface area contributed by atoms with Crippen LogP contribution in [-0.2, 0) is 20.6 Å². The monoisotopic (exact) mass is 458 g/mol. The van der Waals surface area contributed by atoms with Gasteiger partial charge in [0.1, 0.15) is 4.90 Å². The third-order valence-corrected chi connectivity index (χ3v) is 8.09. The van der Waals surface area contributed by atoms with E-state index in [1.54, 1.807) is 23.1 Å². The van der Waals surface area contributed by atoms with Crippen LogP contribution in [0.25, 0.3) is 0 Å². The summed E-state index contributed by atoms with van der Waals surface area (Å²) < 4.78 is 26.9. The largest absolute Gasteiger partial charge is 0.339 e. The molecule has 150 valence electrons. The molecule has 2 aromatic rings. The predicted molar refractivity (Wildman–Crippen MR) is 114 cm³/mol. The fourth-order valence-electron chi connectivity index (χ4n) is 2.90. The average Bonchev–Trinajstić information content (AvgIpc) is 2.69. The van der Waals surface area contributed by atoms with E-state index in [0.29, 0.717) is 23.9 Å². The summed E-state index contributed by atoms with van der Waals surface area (Å²) >= 11 is 13.4. The van der Waals surface area contributed by atoms with Crippen LogP contribution in [0, 0.1) is 0 Å². The van der Waals surface area contributed by atoms with E-state index in [-0.39, 0.29) is 28.9 Å². The SMILES string of the molecule is O=C(CSCc1ccc(Cl)cc1)N1CCN(S(=O)(=O)c2ccccc2Cl)CC1. The smallest absolute Gasteiger partial charge is 0.244 e. The number of carbonyl (C=O) groups excluding carboxylic acids is 1. The van der Waals surface area contributed by atoms with Crippen molar-refractivity contribution in [1.29, 1.82) is 0 Å². The first-order valence-electron chi connectivity index (χ1n) is 8.72. The van der Waals surface area contributed by atoms with Crippen molar-refractivity contribution >= 4 is 50.9 Å². The predicted octanol–water partition coefficient (Wildman–Crippen LogP) is 3.76. The molecule has 1 aliphatic heterocycles. The Morgan fingerprint density at radius 3 is 2.25 bits per heavy atom. The van der Waals surface area contributed by atoms with E-state index in [4.69, 9.17) is 23.2 Å². The number of amides is 1. The zero-order valence-corrected chi connectivity index (χ0v) is 18.2. The average molecular weight is 459 g/mol. The molecule has 0 aromatic heterocycles. The summed E-state index contributed by atoms with van der Waals surface area (Å²) in [5, 5.41) is 0.897. The van der Waals surface area contributed by atoms with Crippen LogP contribution in [0.2, 0.25) is 10.0 Å². The van der Waals surface area contributed by atoms with Gasteiger partial charge in [0.15, 0.2) is 0 Å². The van der Waals surface area contributed by atoms with Gasteiger partial charge in [0.05, 0.1) is 10.8 Å². The fourth-order valence-corrected chi connectivity index (χ4v) is 5.83. The minimum Gasteiger partial charge on any atom is -0.339 e. The third kappa shape index (κ3) is 5.21. The molecule has 0 spiro atoms. The number of nitrogens with zero attached hydrogens (tertiary/aromatic N) is 2. The molecule has 0 radical (unpaired) electrons. The summed E-state index contributed by atoms with van der Waals surface area (Å²) in [4.78, 5) is 14.2. The Labute approximate surface area is 179 Å². The van der Waals surface area contributed by atoms with Crippen molar-refractivity contribution in [2.75, 3.05) is 31.9 Å². The summed E-state index contributed by atoms with van der Waals surface area (Å²) in [7, 11) is -3.65. The highest BCUT2D eigenvalue weighted by molar-refractivity contribution is 7.99. The molecule has 0 saturated carbocycles. The second-order valence-corrected chi connectivity index (χ2v) is 10.1. The van der Waals surface area contributed by atoms with E-state index in [1.165, 1.54) is 22.1 Å². The Kier molecular flexibility index (Phi) is 7.28. The molecule has 28 heavy (non-hydrogen) atoms. The Morgan fingerprint density at radius 1 is 0.964 bits per heavy atom. The van der Waals surface area contributed by atoms with Crippen LogP contribution >= 0.6 is 35.0 Å². The Hall–Kier alpha value is -1.25. The number of carbonyl (C=O) groups is 1. The van der Waals surface area contributed by atoms with E-state index in [1.807, 2.05) is 24.3 Å². The number of benzene rings is 2. The van der Waals surface area contributed by atoms with E-state index >= 15 is 0 Å². The molecule has 1 heterocycles. The molecule has 1 fully saturated rings. The van der Waals surface area contributed by atoms with Crippen LogP contribution in [-0.4, -0.2) is 55.5 Å². The van der Waals surface area contributed by atoms with Crippen molar-refractivity contribution in [3.05, 3.63) is 64.1 Å². The maximum absolute atomic E-state index is 12.8. The zero-order chi connectivity index (χ0) is 20.1. The quantitative estimate of drug-likeness (QED) is 0.660. The van der Waals surface area contributed by atoms with E-state index in [0.717, 1.165) is 11.3 Å². The first-order valence-corrected chi connectivity index (χ1v) is 12.1. The van der Waals surface area contributed by atoms with Crippen LogP contribution in [0.4, 0.5) is 0 Å². The lowest BCUT2D eigenvalue weighted by molar-refractivity contribution is -0.129. The van der Waals surface area contributed by atoms with Gasteiger partial charge in [-0.1, -0.05) is 47.5 Å². The van der Waals surface area contributed by atoms with E-state index in [2.05, 4.69) is 0 Å². The topological polar surface area (TPSA) is 57.7 Å². The standard InChI is InChI=1S/C19H20Cl2N2O3S2/c20-16-7-5-15(6-8-16)13-27-14-19(24)22-9-11-23(12-10-22)28(25,26)18-4-2-1-3-17(18)21/h1-8H,9-14H2. The van der Waals surface area contributed by atoms with Gasteiger partial charge < -0.3 is 4.90 Å². The minimum absolute atomic E-state index is 0.0220. The second-order valence-electron chi connectivity index (χ2n) is 6.33. The van der Waals surface area contributed by atoms with Gasteiger partial charge in [0.2, 0.25) is 15.9 Å². The molecule has 1 aliphatic rings. The van der Waals surface area contributed by atoms with Gasteiger partial charge in [0, 0.05) is 37.0 Å². The lowest BCUT2D eigenvalue weighted by Crippen LogP contribution is -2.51. The third-order valence-electron chi connectivity index (χ3n) is 4.45. The molecular weight excluding hydrogens is 439 g/mol. The van der Waals surface area contributed by atoms with Crippen LogP contribution in [0.5, 0.6) is 0 Å². The first-order chi connectivity index (χ1) is 13.4. The van der Waals surface area contributed by atoms with Crippen molar-refractivity contribution in [2.24, 2.45) is 0 Å². The number of halogens is 2. The van der Waals surface area contributed by atoms with Crippen LogP contribution in [0.15, 0.2) is 53.4 Å². The van der Waals surface area contributed by atoms with Crippen LogP contribution < -0.4 is 0 Å². The van der Waals surface area contributed by atoms with Gasteiger partial charge in [-0.05, 0) is 29.8 Å². The van der Waals surface area contributed by atoms with Crippen molar-refractivity contribution < 1.29 is 13.2 Å². The van der Waals surface area contributed by atoms with Gasteiger partial charge in [-0.3, -0.25) is 4.79 Å². The fraction of sp³-hybridized carbons (Fsp3) is 0.316. The molecule has 9 heteroatoms. The minimum atomic E-state index is -3.65. The molecule has 0 aliphatic carbocycles. The van der Waals surface area contributed by atoms with Crippen LogP contribution in [0.3, 0.4) is 0 Å². The highest BCUT2D eigenvalue weighted by Crippen LogP contribution is 2.25. The molecule has 5 nitrogen and oxygen atoms in total. The van der Waals surface area contributed by atoms with Crippen molar-refractivity contribution in [3.63, 3.8) is 0 Å². The summed E-state index contributed by atoms with van der Waals surface area (Å²) in [6, 6.07) is 14.0. The molecule has 0 atom stereocenters. The van der Waals surface area contributed by atoms with Gasteiger partial charge >= 0.3 is 0 Å². The van der Waals surface area contributed by atoms with Gasteiger partial charge in [0.25, 0.3) is 0 Å². The molecule has 3 rings (SSSR count). The molecule has 1 saturated heterocycles. The summed E-state index contributed by atoms with van der Waals surface area (Å²) in [5.74, 6) is 1.11. The number of sulfonamides is 1. The lowest BCUT2D eigenvalue weighted by atomic mass is 10.2. The molecular formula is C19H20Cl2N2O3S2. The first kappa shape index (κ1) is 21.5. The Balaban J connectivity index is 1.50. The van der Waals surface area contributed by atoms with Gasteiger partial charge in [-0.15, -0.1) is 11.8 Å². The summed E-state index contributed by atoms with van der Waals surface area (Å²) in [5.41, 5.74) is 1.11. The maximum Gasteiger partial charge on any atom is 0.244 e. The number of thioether (sulfide) groups is 1. The number of rotatable bonds is 6. The van der Waals surface area contributed by atoms with Crippen molar-refractivity contribution in [3.8, 4) is 0 Å². The van der Waals surface area contributed by atoms with E-state index < -0.39 is 10.0 Å². The number of piperazine rings is 1. The highest BCUT2D eigenvalue weighted by atomic mass is 35.5. The van der Waals surface area contributed by atoms with E-state index in [9.17, 15) is 13.2 Å². The number of hydrogen-bond donors (Lipinski definition) is 0. The summed E-state index contributed by atoms with van der Waals surface area (Å²) in [6.07, 6.45) is 0. The lowest BCUT2D eigenvalue weighted by Gasteiger charge is -2.34. The zero-order valence-electron chi connectivity index (χ0n) is 15.1. The van der Waals surface area contributed by atoms with Gasteiger partial charge in [-0.2, -0.15) is 4.31 Å². The summed E-state index contributed by atoms with van der Waals surface area (Å²) in [6.45, 7) is 1.29. The highest BCUT2D eigenvalue weighted by Gasteiger charge is 2.31. The molecule has 1 amide bonds. The van der Waals surface area contributed by atoms with Crippen molar-refractivity contribution in [1.82, 2.24) is 9.21 Å². The number of hydrogen-bond acceptors (Lipinski definition) is 4. The molecule has 2 aromatic carbocycles. The Morgan fingerprint density at radius 2 is 1.61 bits per heavy atom. The normalized spacial score (nSPS) is 15.6. The Bertz CT molecular complexity index is 928. The molecule has 0 bridgehead atoms. The van der Waals surface area contributed by atoms with Crippen molar-refractivity contribution in [2.45, 2.75) is 10.6 Å². The second kappa shape index (κ2) is 9.50.